The quantitative estimate of drug-likeness (QED) is 0.108. The van der Waals surface area contributed by atoms with Crippen LogP contribution in [0.4, 0.5) is 0 Å². The van der Waals surface area contributed by atoms with E-state index in [1.165, 1.54) is 28.5 Å². The maximum absolute atomic E-state index is 9.38. The number of aromatic nitrogens is 3. The van der Waals surface area contributed by atoms with Crippen molar-refractivity contribution in [1.82, 2.24) is 15.0 Å². The van der Waals surface area contributed by atoms with E-state index >= 15 is 0 Å². The molecule has 5 heteroatoms. The van der Waals surface area contributed by atoms with Crippen molar-refractivity contribution in [3.8, 4) is 84.3 Å². The van der Waals surface area contributed by atoms with Gasteiger partial charge in [0.1, 0.15) is 0 Å². The number of nitrogens with zero attached hydrogens (tertiary/aromatic N) is 4. The summed E-state index contributed by atoms with van der Waals surface area (Å²) in [6.45, 7) is -2.25. The maximum Gasteiger partial charge on any atom is 3.00 e. The molecular weight excluding hydrogens is 1000 g/mol. The van der Waals surface area contributed by atoms with Crippen molar-refractivity contribution in [1.29, 1.82) is 5.26 Å². The van der Waals surface area contributed by atoms with E-state index < -0.39 is 6.85 Å². The van der Waals surface area contributed by atoms with Gasteiger partial charge in [-0.1, -0.05) is 145 Å². The summed E-state index contributed by atoms with van der Waals surface area (Å²) >= 11 is 0. The van der Waals surface area contributed by atoms with Crippen LogP contribution in [0.1, 0.15) is 37.5 Å². The van der Waals surface area contributed by atoms with E-state index in [2.05, 4.69) is 148 Å². The largest absolute Gasteiger partial charge is 3.00 e. The number of pyridine rings is 3. The fraction of sp³-hybridized carbons (Fsp3) is 0.0794. The molecule has 10 aromatic rings. The first kappa shape index (κ1) is 41.6. The Bertz CT molecular complexity index is 3320. The smallest absolute Gasteiger partial charge is 0.305 e. The molecule has 0 radical (unpaired) electrons. The van der Waals surface area contributed by atoms with E-state index in [-0.39, 0.29) is 25.7 Å². The summed E-state index contributed by atoms with van der Waals surface area (Å²) in [5.74, 6) is 0. The van der Waals surface area contributed by atoms with Crippen LogP contribution in [-0.2, 0) is 45.8 Å². The van der Waals surface area contributed by atoms with Crippen molar-refractivity contribution in [3.05, 3.63) is 258 Å². The summed E-state index contributed by atoms with van der Waals surface area (Å²) < 4.78 is 23.7. The molecule has 0 spiro atoms. The van der Waals surface area contributed by atoms with Crippen molar-refractivity contribution in [2.24, 2.45) is 0 Å². The maximum atomic E-state index is 9.38. The molecule has 10 rings (SSSR count). The van der Waals surface area contributed by atoms with Gasteiger partial charge in [-0.3, -0.25) is 0 Å². The molecule has 0 fully saturated rings. The first-order valence-electron chi connectivity index (χ1n) is 23.9. The van der Waals surface area contributed by atoms with Crippen LogP contribution in [0.15, 0.2) is 207 Å². The summed E-state index contributed by atoms with van der Waals surface area (Å²) in [6.07, 6.45) is 8.45. The number of benzene rings is 7. The summed E-state index contributed by atoms with van der Waals surface area (Å²) in [5.41, 5.74) is 19.2. The first-order chi connectivity index (χ1) is 34.2. The Morgan fingerprint density at radius 1 is 0.441 bits per heavy atom. The van der Waals surface area contributed by atoms with Gasteiger partial charge >= 0.3 is 20.1 Å². The fourth-order valence-electron chi connectivity index (χ4n) is 8.58. The predicted molar refractivity (Wildman–Crippen MR) is 272 cm³/mol. The fourth-order valence-corrected chi connectivity index (χ4v) is 8.58. The third-order valence-corrected chi connectivity index (χ3v) is 12.2. The third-order valence-electron chi connectivity index (χ3n) is 12.2. The van der Waals surface area contributed by atoms with Crippen molar-refractivity contribution in [2.75, 3.05) is 0 Å². The van der Waals surface area contributed by atoms with E-state index in [1.54, 1.807) is 12.1 Å². The molecule has 3 heterocycles. The zero-order valence-electron chi connectivity index (χ0n) is 40.1. The summed E-state index contributed by atoms with van der Waals surface area (Å²) in [4.78, 5) is 13.6. The minimum absolute atomic E-state index is 0. The molecule has 0 bridgehead atoms. The average molecular weight is 1050 g/mol. The number of hydrogen-bond donors (Lipinski definition) is 0. The van der Waals surface area contributed by atoms with Crippen LogP contribution in [0, 0.1) is 36.4 Å². The number of rotatable bonds is 13. The Morgan fingerprint density at radius 3 is 1.51 bits per heavy atom. The van der Waals surface area contributed by atoms with Crippen LogP contribution in [-0.4, -0.2) is 15.0 Å². The van der Waals surface area contributed by atoms with Crippen LogP contribution in [0.3, 0.4) is 0 Å². The van der Waals surface area contributed by atoms with E-state index in [0.29, 0.717) is 11.3 Å². The molecule has 4 nitrogen and oxygen atoms in total. The molecular formula is C63H45IrN4. The molecule has 0 amide bonds. The summed E-state index contributed by atoms with van der Waals surface area (Å²) in [6, 6.07) is 76.5. The first-order valence-corrected chi connectivity index (χ1v) is 22.4. The molecule has 3 aromatic heterocycles. The Balaban J connectivity index is 0.00000624. The van der Waals surface area contributed by atoms with Gasteiger partial charge in [-0.05, 0) is 106 Å². The Labute approximate surface area is 417 Å². The molecule has 7 aromatic carbocycles. The van der Waals surface area contributed by atoms with Crippen LogP contribution in [0.2, 0.25) is 0 Å². The Hall–Kier alpha value is -7.87. The van der Waals surface area contributed by atoms with Crippen LogP contribution < -0.4 is 0 Å². The van der Waals surface area contributed by atoms with E-state index in [1.807, 2.05) is 79.1 Å². The zero-order valence-corrected chi connectivity index (χ0v) is 39.5. The van der Waals surface area contributed by atoms with Gasteiger partial charge in [0.25, 0.3) is 0 Å². The third kappa shape index (κ3) is 10.5. The number of nitriles is 1. The van der Waals surface area contributed by atoms with Gasteiger partial charge in [0.15, 0.2) is 0 Å². The molecule has 0 aliphatic heterocycles. The SMILES string of the molecule is [2H]C([2H])([2H])c1ccc(-c2[c-]cc(-c3ccccc3-c3cc(CCc4c[c-]c(-c5ccccn5)cc4)cc(CCc4c[c-]c(-c5ccccn5)cc4)c3)c(-c3ccc(-c4ccc(C#N)cc4)cc3)c2)nc1.[Ir+3]. The van der Waals surface area contributed by atoms with Gasteiger partial charge in [0.05, 0.1) is 11.6 Å². The molecule has 0 aliphatic carbocycles. The van der Waals surface area contributed by atoms with E-state index in [0.717, 1.165) is 98.3 Å². The Morgan fingerprint density at radius 2 is 0.985 bits per heavy atom. The van der Waals surface area contributed by atoms with Crippen LogP contribution in [0.25, 0.3) is 78.3 Å². The molecule has 0 saturated carbocycles. The second-order valence-corrected chi connectivity index (χ2v) is 16.6. The van der Waals surface area contributed by atoms with Crippen molar-refractivity contribution < 1.29 is 24.2 Å². The monoisotopic (exact) mass is 1050 g/mol. The molecule has 68 heavy (non-hydrogen) atoms. The minimum Gasteiger partial charge on any atom is -0.305 e. The molecule has 0 unspecified atom stereocenters. The molecule has 326 valence electrons. The summed E-state index contributed by atoms with van der Waals surface area (Å²) in [5, 5.41) is 9.38. The topological polar surface area (TPSA) is 62.5 Å². The standard InChI is InChI=1S/C63H45N4.Ir/c1-44-12-35-63(67-43-44)55-33-34-59(60(41-55)52-31-29-51(30-32-52)50-23-21-47(42-64)22-24-50)58-9-3-2-8-57(58)56-39-48(15-13-45-17-25-53(26-18-45)61-10-4-6-36-65-61)38-49(40-56)16-14-46-19-27-54(28-20-46)62-11-5-7-37-66-62;/h2-12,17-25,27,29-32,34-41,43H,13-16H2,1H3;/q-3;+3/i1D3;. The molecule has 0 aliphatic rings. The van der Waals surface area contributed by atoms with Gasteiger partial charge in [0.2, 0.25) is 0 Å². The van der Waals surface area contributed by atoms with Gasteiger partial charge < -0.3 is 15.0 Å². The zero-order chi connectivity index (χ0) is 47.9. The average Bonchev–Trinajstić information content (AvgIpc) is 3.42. The van der Waals surface area contributed by atoms with Gasteiger partial charge in [-0.25, -0.2) is 0 Å². The van der Waals surface area contributed by atoms with E-state index in [4.69, 9.17) is 4.11 Å². The second-order valence-electron chi connectivity index (χ2n) is 16.6. The molecule has 0 saturated heterocycles. The molecule has 0 N–H and O–H groups in total. The van der Waals surface area contributed by atoms with Crippen molar-refractivity contribution in [3.63, 3.8) is 0 Å². The van der Waals surface area contributed by atoms with Gasteiger partial charge in [-0.15, -0.1) is 94.5 Å². The number of aryl methyl sites for hydroxylation is 5. The number of hydrogen-bond acceptors (Lipinski definition) is 4. The normalized spacial score (nSPS) is 11.7. The summed E-state index contributed by atoms with van der Waals surface area (Å²) in [7, 11) is 0. The van der Waals surface area contributed by atoms with Crippen molar-refractivity contribution in [2.45, 2.75) is 32.5 Å². The minimum atomic E-state index is -2.25. The van der Waals surface area contributed by atoms with Gasteiger partial charge in [-0.2, -0.15) is 5.26 Å². The van der Waals surface area contributed by atoms with Crippen LogP contribution >= 0.6 is 0 Å². The van der Waals surface area contributed by atoms with Crippen LogP contribution in [0.5, 0.6) is 0 Å². The second kappa shape index (κ2) is 21.2. The van der Waals surface area contributed by atoms with E-state index in [9.17, 15) is 5.26 Å². The molecule has 0 atom stereocenters. The predicted octanol–water partition coefficient (Wildman–Crippen LogP) is 14.7. The van der Waals surface area contributed by atoms with Gasteiger partial charge in [0, 0.05) is 22.7 Å². The Kier molecular flexibility index (Phi) is 12.9. The van der Waals surface area contributed by atoms with Crippen molar-refractivity contribution >= 4 is 0 Å².